The van der Waals surface area contributed by atoms with Gasteiger partial charge in [0.1, 0.15) is 5.82 Å². The Bertz CT molecular complexity index is 241. The first kappa shape index (κ1) is 10.3. The maximum absolute atomic E-state index is 10.6. The van der Waals surface area contributed by atoms with Crippen LogP contribution in [0.25, 0.3) is 0 Å². The quantitative estimate of drug-likeness (QED) is 0.627. The highest BCUT2D eigenvalue weighted by atomic mass is 32.2. The van der Waals surface area contributed by atoms with Gasteiger partial charge in [0.15, 0.2) is 9.84 Å². The zero-order chi connectivity index (χ0) is 9.07. The summed E-state index contributed by atoms with van der Waals surface area (Å²) >= 11 is 0. The molecule has 0 aliphatic heterocycles. The molecule has 0 aromatic rings. The van der Waals surface area contributed by atoms with Crippen LogP contribution in [0.15, 0.2) is 11.2 Å². The van der Waals surface area contributed by atoms with Crippen LogP contribution in [0.3, 0.4) is 0 Å². The summed E-state index contributed by atoms with van der Waals surface area (Å²) in [5.41, 5.74) is 5.33. The van der Waals surface area contributed by atoms with Gasteiger partial charge in [-0.15, -0.1) is 0 Å². The lowest BCUT2D eigenvalue weighted by Crippen LogP contribution is -2.27. The molecule has 5 heteroatoms. The van der Waals surface area contributed by atoms with E-state index >= 15 is 0 Å². The largest absolute Gasteiger partial charge is 0.385 e. The van der Waals surface area contributed by atoms with E-state index in [1.165, 1.54) is 0 Å². The topological polar surface area (TPSA) is 72.2 Å². The third kappa shape index (κ3) is 7.18. The van der Waals surface area contributed by atoms with Gasteiger partial charge in [0.25, 0.3) is 0 Å². The molecule has 0 aromatic carbocycles. The van der Waals surface area contributed by atoms with Crippen LogP contribution >= 0.6 is 0 Å². The van der Waals surface area contributed by atoms with Gasteiger partial charge in [0.05, 0.1) is 5.41 Å². The van der Waals surface area contributed by atoms with E-state index in [1.807, 2.05) is 13.8 Å². The third-order valence-electron chi connectivity index (χ3n) is 0.796. The van der Waals surface area contributed by atoms with Gasteiger partial charge < -0.3 is 11.1 Å². The van der Waals surface area contributed by atoms with Crippen LogP contribution in [0.5, 0.6) is 0 Å². The van der Waals surface area contributed by atoms with Crippen LogP contribution in [0.2, 0.25) is 0 Å². The van der Waals surface area contributed by atoms with Crippen molar-refractivity contribution in [3.05, 3.63) is 11.2 Å². The maximum atomic E-state index is 10.6. The molecule has 4 nitrogen and oxygen atoms in total. The van der Waals surface area contributed by atoms with E-state index in [1.54, 1.807) is 0 Å². The molecule has 0 heterocycles. The molecule has 0 aliphatic rings. The first-order valence-electron chi connectivity index (χ1n) is 3.25. The monoisotopic (exact) mass is 178 g/mol. The van der Waals surface area contributed by atoms with Crippen molar-refractivity contribution in [2.45, 2.75) is 19.9 Å². The molecule has 0 atom stereocenters. The van der Waals surface area contributed by atoms with Crippen LogP contribution in [-0.2, 0) is 9.84 Å². The number of sulfone groups is 1. The molecular weight excluding hydrogens is 164 g/mol. The zero-order valence-corrected chi connectivity index (χ0v) is 7.77. The van der Waals surface area contributed by atoms with E-state index in [2.05, 4.69) is 5.32 Å². The Hall–Kier alpha value is -0.710. The minimum atomic E-state index is -3.12. The second kappa shape index (κ2) is 3.61. The van der Waals surface area contributed by atoms with Crippen molar-refractivity contribution >= 4 is 9.84 Å². The second-order valence-corrected chi connectivity index (χ2v) is 4.60. The van der Waals surface area contributed by atoms with E-state index in [9.17, 15) is 8.42 Å². The molecule has 0 saturated carbocycles. The highest BCUT2D eigenvalue weighted by molar-refractivity contribution is 7.93. The molecule has 0 amide bonds. The Labute approximate surface area is 67.4 Å². The summed E-state index contributed by atoms with van der Waals surface area (Å²) in [6.07, 6.45) is 1.10. The molecule has 0 rings (SSSR count). The van der Waals surface area contributed by atoms with Crippen molar-refractivity contribution in [2.24, 2.45) is 5.73 Å². The summed E-state index contributed by atoms with van der Waals surface area (Å²) in [5, 5.41) is 3.77. The Morgan fingerprint density at radius 1 is 1.55 bits per heavy atom. The molecule has 3 N–H and O–H groups in total. The standard InChI is InChI=1S/C6H14N2O2S/c1-5(2)8-6(7)4-11(3,9)10/h4-5,8H,7H2,1-3H3/b6-4+. The van der Waals surface area contributed by atoms with E-state index in [0.29, 0.717) is 0 Å². The Kier molecular flexibility index (Phi) is 3.38. The number of nitrogens with one attached hydrogen (secondary N) is 1. The molecule has 0 fully saturated rings. The van der Waals surface area contributed by atoms with E-state index in [4.69, 9.17) is 5.73 Å². The fourth-order valence-corrected chi connectivity index (χ4v) is 1.13. The van der Waals surface area contributed by atoms with Crippen LogP contribution < -0.4 is 11.1 Å². The van der Waals surface area contributed by atoms with Gasteiger partial charge in [-0.1, -0.05) is 0 Å². The molecule has 0 unspecified atom stereocenters. The van der Waals surface area contributed by atoms with Crippen molar-refractivity contribution < 1.29 is 8.42 Å². The second-order valence-electron chi connectivity index (χ2n) is 2.70. The first-order chi connectivity index (χ1) is 4.81. The Balaban J connectivity index is 4.25. The fourth-order valence-electron chi connectivity index (χ4n) is 0.598. The van der Waals surface area contributed by atoms with Crippen LogP contribution in [-0.4, -0.2) is 20.7 Å². The Morgan fingerprint density at radius 3 is 2.27 bits per heavy atom. The van der Waals surface area contributed by atoms with Crippen LogP contribution in [0.4, 0.5) is 0 Å². The lowest BCUT2D eigenvalue weighted by Gasteiger charge is -2.08. The first-order valence-corrected chi connectivity index (χ1v) is 5.20. The van der Waals surface area contributed by atoms with E-state index in [-0.39, 0.29) is 11.9 Å². The summed E-state index contributed by atoms with van der Waals surface area (Å²) in [5.74, 6) is 0.183. The number of hydrogen-bond donors (Lipinski definition) is 2. The van der Waals surface area contributed by atoms with Crippen molar-refractivity contribution in [1.82, 2.24) is 5.32 Å². The van der Waals surface area contributed by atoms with Gasteiger partial charge >= 0.3 is 0 Å². The molecule has 66 valence electrons. The molecule has 0 aliphatic carbocycles. The fraction of sp³-hybridized carbons (Fsp3) is 0.667. The molecule has 0 saturated heterocycles. The average molecular weight is 178 g/mol. The summed E-state index contributed by atoms with van der Waals surface area (Å²) in [6, 6.07) is 0.146. The van der Waals surface area contributed by atoms with Gasteiger partial charge in [-0.2, -0.15) is 0 Å². The lowest BCUT2D eigenvalue weighted by atomic mass is 10.4. The lowest BCUT2D eigenvalue weighted by molar-refractivity contribution is 0.608. The molecular formula is C6H14N2O2S. The van der Waals surface area contributed by atoms with E-state index in [0.717, 1.165) is 11.7 Å². The van der Waals surface area contributed by atoms with Gasteiger partial charge in [0, 0.05) is 12.3 Å². The Morgan fingerprint density at radius 2 is 2.00 bits per heavy atom. The smallest absolute Gasteiger partial charge is 0.172 e. The predicted molar refractivity (Wildman–Crippen MR) is 45.4 cm³/mol. The van der Waals surface area contributed by atoms with Crippen LogP contribution in [0.1, 0.15) is 13.8 Å². The predicted octanol–water partition coefficient (Wildman–Crippen LogP) is -0.213. The molecule has 0 aromatic heterocycles. The maximum Gasteiger partial charge on any atom is 0.172 e. The highest BCUT2D eigenvalue weighted by Gasteiger charge is 1.99. The van der Waals surface area contributed by atoms with Crippen LogP contribution in [0, 0.1) is 0 Å². The minimum Gasteiger partial charge on any atom is -0.385 e. The van der Waals surface area contributed by atoms with Crippen molar-refractivity contribution in [2.75, 3.05) is 6.26 Å². The zero-order valence-electron chi connectivity index (χ0n) is 6.96. The summed E-state index contributed by atoms with van der Waals surface area (Å²) < 4.78 is 21.3. The minimum absolute atomic E-state index is 0.146. The number of rotatable bonds is 3. The van der Waals surface area contributed by atoms with Gasteiger partial charge in [0.2, 0.25) is 0 Å². The normalized spacial score (nSPS) is 13.6. The van der Waals surface area contributed by atoms with Gasteiger partial charge in [-0.05, 0) is 13.8 Å². The van der Waals surface area contributed by atoms with Gasteiger partial charge in [-0.3, -0.25) is 0 Å². The summed E-state index contributed by atoms with van der Waals surface area (Å²) in [6.45, 7) is 3.76. The molecule has 0 spiro atoms. The number of nitrogens with two attached hydrogens (primary N) is 1. The number of hydrogen-bond acceptors (Lipinski definition) is 4. The van der Waals surface area contributed by atoms with E-state index < -0.39 is 9.84 Å². The van der Waals surface area contributed by atoms with Gasteiger partial charge in [-0.25, -0.2) is 8.42 Å². The van der Waals surface area contributed by atoms with Crippen molar-refractivity contribution in [1.29, 1.82) is 0 Å². The SMILES string of the molecule is CC(C)N/C(N)=C/S(C)(=O)=O. The molecule has 0 bridgehead atoms. The average Bonchev–Trinajstić information content (AvgIpc) is 1.53. The van der Waals surface area contributed by atoms with Crippen molar-refractivity contribution in [3.63, 3.8) is 0 Å². The molecule has 0 radical (unpaired) electrons. The highest BCUT2D eigenvalue weighted by Crippen LogP contribution is 1.89. The third-order valence-corrected chi connectivity index (χ3v) is 1.48. The molecule has 11 heavy (non-hydrogen) atoms. The summed E-state index contributed by atoms with van der Waals surface area (Å²) in [4.78, 5) is 0. The van der Waals surface area contributed by atoms with Crippen molar-refractivity contribution in [3.8, 4) is 0 Å². The summed E-state index contributed by atoms with van der Waals surface area (Å²) in [7, 11) is -3.12.